The number of H-pyrrole nitrogens is 1. The van der Waals surface area contributed by atoms with E-state index in [2.05, 4.69) is 9.79 Å². The summed E-state index contributed by atoms with van der Waals surface area (Å²) >= 11 is 0. The van der Waals surface area contributed by atoms with Gasteiger partial charge in [0.15, 0.2) is 0 Å². The van der Waals surface area contributed by atoms with E-state index in [0.717, 1.165) is 0 Å². The molecule has 0 bridgehead atoms. The zero-order chi connectivity index (χ0) is 17.4. The van der Waals surface area contributed by atoms with Gasteiger partial charge >= 0.3 is 17.9 Å². The first-order valence-corrected chi connectivity index (χ1v) is 5.63. The van der Waals surface area contributed by atoms with Gasteiger partial charge in [0.25, 0.3) is 5.91 Å². The summed E-state index contributed by atoms with van der Waals surface area (Å²) < 4.78 is 79.9. The molecule has 0 unspecified atom stereocenters. The minimum atomic E-state index is -5.06. The van der Waals surface area contributed by atoms with E-state index in [9.17, 15) is 35.9 Å². The van der Waals surface area contributed by atoms with E-state index in [-0.39, 0.29) is 6.07 Å². The summed E-state index contributed by atoms with van der Waals surface area (Å²) in [5, 5.41) is 6.33. The first-order valence-electron chi connectivity index (χ1n) is 5.63. The SMILES string of the molecule is O=C(Nc1cc(C(F)(F)F)cc(C(F)(F)F)c1)c1no[nH]c1=O. The molecule has 23 heavy (non-hydrogen) atoms. The van der Waals surface area contributed by atoms with Gasteiger partial charge in [0, 0.05) is 5.69 Å². The molecule has 0 radical (unpaired) electrons. The summed E-state index contributed by atoms with van der Waals surface area (Å²) in [6.45, 7) is 0. The van der Waals surface area contributed by atoms with Gasteiger partial charge in [0.1, 0.15) is 0 Å². The number of aromatic amines is 1. The molecule has 124 valence electrons. The van der Waals surface area contributed by atoms with Crippen LogP contribution in [0.15, 0.2) is 27.6 Å². The normalized spacial score (nSPS) is 12.3. The highest BCUT2D eigenvalue weighted by Gasteiger charge is 2.37. The Morgan fingerprint density at radius 1 is 1.04 bits per heavy atom. The van der Waals surface area contributed by atoms with Crippen LogP contribution >= 0.6 is 0 Å². The molecule has 2 rings (SSSR count). The van der Waals surface area contributed by atoms with Crippen molar-refractivity contribution in [1.82, 2.24) is 10.3 Å². The summed E-state index contributed by atoms with van der Waals surface area (Å²) in [5.41, 5.74) is -5.98. The lowest BCUT2D eigenvalue weighted by molar-refractivity contribution is -0.143. The third-order valence-electron chi connectivity index (χ3n) is 2.55. The summed E-state index contributed by atoms with van der Waals surface area (Å²) in [7, 11) is 0. The van der Waals surface area contributed by atoms with Crippen LogP contribution < -0.4 is 10.9 Å². The smallest absolute Gasteiger partial charge is 0.320 e. The zero-order valence-electron chi connectivity index (χ0n) is 10.7. The molecule has 1 amide bonds. The molecule has 0 saturated carbocycles. The van der Waals surface area contributed by atoms with Crippen LogP contribution in [-0.2, 0) is 12.4 Å². The molecular formula is C11H5F6N3O3. The molecule has 2 N–H and O–H groups in total. The van der Waals surface area contributed by atoms with E-state index in [1.165, 1.54) is 0 Å². The second-order valence-corrected chi connectivity index (χ2v) is 4.21. The molecule has 0 saturated heterocycles. The molecule has 1 heterocycles. The Hall–Kier alpha value is -2.79. The molecule has 12 heteroatoms. The predicted molar refractivity (Wildman–Crippen MR) is 61.5 cm³/mol. The highest BCUT2D eigenvalue weighted by atomic mass is 19.4. The van der Waals surface area contributed by atoms with Gasteiger partial charge in [-0.3, -0.25) is 14.2 Å². The second kappa shape index (κ2) is 5.44. The Morgan fingerprint density at radius 2 is 1.57 bits per heavy atom. The number of hydrogen-bond donors (Lipinski definition) is 2. The van der Waals surface area contributed by atoms with Crippen molar-refractivity contribution >= 4 is 11.6 Å². The zero-order valence-corrected chi connectivity index (χ0v) is 10.7. The summed E-state index contributed by atoms with van der Waals surface area (Å²) in [4.78, 5) is 22.7. The van der Waals surface area contributed by atoms with Crippen molar-refractivity contribution in [1.29, 1.82) is 0 Å². The van der Waals surface area contributed by atoms with Gasteiger partial charge in [-0.05, 0) is 23.4 Å². The molecule has 0 aliphatic carbocycles. The fourth-order valence-electron chi connectivity index (χ4n) is 1.56. The lowest BCUT2D eigenvalue weighted by atomic mass is 10.1. The van der Waals surface area contributed by atoms with E-state index >= 15 is 0 Å². The third-order valence-corrected chi connectivity index (χ3v) is 2.55. The van der Waals surface area contributed by atoms with Crippen molar-refractivity contribution in [2.24, 2.45) is 0 Å². The average Bonchev–Trinajstić information content (AvgIpc) is 2.82. The highest BCUT2D eigenvalue weighted by Crippen LogP contribution is 2.37. The Bertz CT molecular complexity index is 757. The number of halogens is 6. The molecule has 1 aromatic heterocycles. The van der Waals surface area contributed by atoms with Crippen molar-refractivity contribution in [3.8, 4) is 0 Å². The number of alkyl halides is 6. The van der Waals surface area contributed by atoms with E-state index in [0.29, 0.717) is 12.1 Å². The Morgan fingerprint density at radius 3 is 1.96 bits per heavy atom. The number of benzene rings is 1. The van der Waals surface area contributed by atoms with E-state index < -0.39 is 46.3 Å². The van der Waals surface area contributed by atoms with Gasteiger partial charge in [0.05, 0.1) is 11.1 Å². The first kappa shape index (κ1) is 16.6. The fraction of sp³-hybridized carbons (Fsp3) is 0.182. The molecule has 6 nitrogen and oxygen atoms in total. The van der Waals surface area contributed by atoms with Gasteiger partial charge in [0.2, 0.25) is 5.69 Å². The van der Waals surface area contributed by atoms with Crippen LogP contribution in [0.1, 0.15) is 21.6 Å². The topological polar surface area (TPSA) is 88.0 Å². The number of anilines is 1. The highest BCUT2D eigenvalue weighted by molar-refractivity contribution is 6.02. The largest absolute Gasteiger partial charge is 0.416 e. The first-order chi connectivity index (χ1) is 10.5. The van der Waals surface area contributed by atoms with Gasteiger partial charge in [-0.25, -0.2) is 0 Å². The predicted octanol–water partition coefficient (Wildman–Crippen LogP) is 2.65. The molecule has 0 fully saturated rings. The summed E-state index contributed by atoms with van der Waals surface area (Å²) in [6.07, 6.45) is -10.1. The molecule has 0 aliphatic heterocycles. The minimum Gasteiger partial charge on any atom is -0.320 e. The maximum Gasteiger partial charge on any atom is 0.416 e. The summed E-state index contributed by atoms with van der Waals surface area (Å²) in [6, 6.07) is 0.487. The third kappa shape index (κ3) is 3.70. The minimum absolute atomic E-state index is 0.0986. The van der Waals surface area contributed by atoms with E-state index in [1.807, 2.05) is 0 Å². The molecular weight excluding hydrogens is 336 g/mol. The number of nitrogens with zero attached hydrogens (tertiary/aromatic N) is 1. The Kier molecular flexibility index (Phi) is 3.92. The number of hydrogen-bond acceptors (Lipinski definition) is 4. The summed E-state index contributed by atoms with van der Waals surface area (Å²) in [5.74, 6) is -1.33. The number of nitrogens with one attached hydrogen (secondary N) is 2. The van der Waals surface area contributed by atoms with Gasteiger partial charge in [-0.2, -0.15) is 31.5 Å². The van der Waals surface area contributed by atoms with E-state index in [1.54, 1.807) is 10.5 Å². The van der Waals surface area contributed by atoms with Crippen molar-refractivity contribution < 1.29 is 35.8 Å². The number of aromatic nitrogens is 2. The van der Waals surface area contributed by atoms with Crippen LogP contribution in [0.4, 0.5) is 32.0 Å². The number of rotatable bonds is 2. The number of carbonyl (C=O) groups is 1. The standard InChI is InChI=1S/C11H5F6N3O3/c12-10(13,14)4-1-5(11(15,16)17)3-6(2-4)18-8(21)7-9(22)20-23-19-7/h1-3H,(H,18,21)(H,20,22). The Balaban J connectivity index is 2.44. The molecule has 0 spiro atoms. The molecule has 0 aliphatic rings. The Labute approximate surface area is 122 Å². The van der Waals surface area contributed by atoms with Crippen molar-refractivity contribution in [2.75, 3.05) is 5.32 Å². The lowest BCUT2D eigenvalue weighted by Crippen LogP contribution is -2.21. The number of amides is 1. The second-order valence-electron chi connectivity index (χ2n) is 4.21. The molecule has 2 aromatic rings. The van der Waals surface area contributed by atoms with Crippen LogP contribution in [0.5, 0.6) is 0 Å². The van der Waals surface area contributed by atoms with Crippen LogP contribution in [0.25, 0.3) is 0 Å². The van der Waals surface area contributed by atoms with Crippen molar-refractivity contribution in [2.45, 2.75) is 12.4 Å². The van der Waals surface area contributed by atoms with Crippen molar-refractivity contribution in [3.05, 3.63) is 45.4 Å². The van der Waals surface area contributed by atoms with Crippen LogP contribution in [0.3, 0.4) is 0 Å². The maximum atomic E-state index is 12.6. The molecule has 1 aromatic carbocycles. The van der Waals surface area contributed by atoms with Gasteiger partial charge in [-0.1, -0.05) is 0 Å². The number of carbonyl (C=O) groups excluding carboxylic acids is 1. The van der Waals surface area contributed by atoms with Crippen LogP contribution in [0, 0.1) is 0 Å². The van der Waals surface area contributed by atoms with Crippen LogP contribution in [-0.4, -0.2) is 16.2 Å². The maximum absolute atomic E-state index is 12.6. The fourth-order valence-corrected chi connectivity index (χ4v) is 1.56. The van der Waals surface area contributed by atoms with Crippen LogP contribution in [0.2, 0.25) is 0 Å². The van der Waals surface area contributed by atoms with Gasteiger partial charge < -0.3 is 5.32 Å². The monoisotopic (exact) mass is 341 g/mol. The van der Waals surface area contributed by atoms with Crippen molar-refractivity contribution in [3.63, 3.8) is 0 Å². The average molecular weight is 341 g/mol. The lowest BCUT2D eigenvalue weighted by Gasteiger charge is -2.14. The van der Waals surface area contributed by atoms with E-state index in [4.69, 9.17) is 0 Å². The molecule has 0 atom stereocenters. The quantitative estimate of drug-likeness (QED) is 0.822. The van der Waals surface area contributed by atoms with Gasteiger partial charge in [-0.15, -0.1) is 0 Å².